The standard InChI is InChI=1S/C15H20N2OS/c1-11(2)16-9-13-10-17-15(19-13)14(18-3)12-7-5-4-6-8-12/h4-8,10-11,14,16H,9H2,1-3H3. The molecular formula is C15H20N2OS. The summed E-state index contributed by atoms with van der Waals surface area (Å²) in [4.78, 5) is 5.73. The van der Waals surface area contributed by atoms with Crippen LogP contribution in [0.4, 0.5) is 0 Å². The van der Waals surface area contributed by atoms with Gasteiger partial charge in [-0.15, -0.1) is 11.3 Å². The first-order valence-corrected chi connectivity index (χ1v) is 7.28. The minimum absolute atomic E-state index is 0.0704. The summed E-state index contributed by atoms with van der Waals surface area (Å²) in [5.74, 6) is 0. The van der Waals surface area contributed by atoms with Crippen molar-refractivity contribution in [2.45, 2.75) is 32.5 Å². The van der Waals surface area contributed by atoms with Gasteiger partial charge in [0.2, 0.25) is 0 Å². The van der Waals surface area contributed by atoms with Crippen LogP contribution in [0.15, 0.2) is 36.5 Å². The Morgan fingerprint density at radius 3 is 2.63 bits per heavy atom. The van der Waals surface area contributed by atoms with Crippen LogP contribution in [0.5, 0.6) is 0 Å². The number of rotatable bonds is 6. The number of nitrogens with one attached hydrogen (secondary N) is 1. The molecule has 4 heteroatoms. The van der Waals surface area contributed by atoms with Crippen LogP contribution < -0.4 is 5.32 Å². The maximum Gasteiger partial charge on any atom is 0.134 e. The molecule has 0 aliphatic rings. The van der Waals surface area contributed by atoms with Gasteiger partial charge in [0.25, 0.3) is 0 Å². The second kappa shape index (κ2) is 6.80. The van der Waals surface area contributed by atoms with E-state index in [0.717, 1.165) is 17.1 Å². The SMILES string of the molecule is COC(c1ccccc1)c1ncc(CNC(C)C)s1. The number of hydrogen-bond donors (Lipinski definition) is 1. The normalized spacial score (nSPS) is 12.8. The lowest BCUT2D eigenvalue weighted by atomic mass is 10.1. The zero-order valence-corrected chi connectivity index (χ0v) is 12.4. The van der Waals surface area contributed by atoms with Gasteiger partial charge in [0.1, 0.15) is 11.1 Å². The zero-order chi connectivity index (χ0) is 13.7. The number of ether oxygens (including phenoxy) is 1. The maximum atomic E-state index is 5.59. The van der Waals surface area contributed by atoms with Crippen molar-refractivity contribution >= 4 is 11.3 Å². The molecule has 0 aliphatic heterocycles. The lowest BCUT2D eigenvalue weighted by molar-refractivity contribution is 0.136. The number of nitrogens with zero attached hydrogens (tertiary/aromatic N) is 1. The number of benzene rings is 1. The van der Waals surface area contributed by atoms with E-state index >= 15 is 0 Å². The molecule has 102 valence electrons. The van der Waals surface area contributed by atoms with Gasteiger partial charge in [-0.1, -0.05) is 44.2 Å². The van der Waals surface area contributed by atoms with Gasteiger partial charge in [0.15, 0.2) is 0 Å². The summed E-state index contributed by atoms with van der Waals surface area (Å²) < 4.78 is 5.59. The number of methoxy groups -OCH3 is 1. The third kappa shape index (κ3) is 3.86. The van der Waals surface area contributed by atoms with Crippen molar-refractivity contribution in [2.24, 2.45) is 0 Å². The summed E-state index contributed by atoms with van der Waals surface area (Å²) in [5, 5.41) is 4.41. The van der Waals surface area contributed by atoms with E-state index in [1.165, 1.54) is 4.88 Å². The predicted octanol–water partition coefficient (Wildman–Crippen LogP) is 3.38. The Hall–Kier alpha value is -1.23. The first-order chi connectivity index (χ1) is 9.20. The molecule has 0 saturated carbocycles. The molecule has 2 rings (SSSR count). The fourth-order valence-electron chi connectivity index (χ4n) is 1.84. The second-order valence-electron chi connectivity index (χ2n) is 4.73. The van der Waals surface area contributed by atoms with Crippen molar-refractivity contribution < 1.29 is 4.74 Å². The van der Waals surface area contributed by atoms with Gasteiger partial charge in [0.05, 0.1) is 0 Å². The first kappa shape index (κ1) is 14.2. The summed E-state index contributed by atoms with van der Waals surface area (Å²) in [6.07, 6.45) is 1.86. The molecule has 2 aromatic rings. The molecule has 0 spiro atoms. The van der Waals surface area contributed by atoms with E-state index in [2.05, 4.69) is 36.3 Å². The van der Waals surface area contributed by atoms with E-state index in [9.17, 15) is 0 Å². The highest BCUT2D eigenvalue weighted by molar-refractivity contribution is 7.11. The summed E-state index contributed by atoms with van der Waals surface area (Å²) in [6, 6.07) is 10.7. The molecule has 0 radical (unpaired) electrons. The highest BCUT2D eigenvalue weighted by Gasteiger charge is 2.16. The Balaban J connectivity index is 2.12. The Kier molecular flexibility index (Phi) is 5.07. The number of thiazole rings is 1. The third-order valence-electron chi connectivity index (χ3n) is 2.82. The fourth-order valence-corrected chi connectivity index (χ4v) is 2.81. The molecule has 0 bridgehead atoms. The van der Waals surface area contributed by atoms with Crippen LogP contribution in [0.2, 0.25) is 0 Å². The van der Waals surface area contributed by atoms with Gasteiger partial charge >= 0.3 is 0 Å². The topological polar surface area (TPSA) is 34.1 Å². The highest BCUT2D eigenvalue weighted by Crippen LogP contribution is 2.28. The smallest absolute Gasteiger partial charge is 0.134 e. The Morgan fingerprint density at radius 1 is 1.26 bits per heavy atom. The van der Waals surface area contributed by atoms with Crippen LogP contribution in [0.1, 0.15) is 35.4 Å². The highest BCUT2D eigenvalue weighted by atomic mass is 32.1. The number of aromatic nitrogens is 1. The molecule has 0 saturated heterocycles. The largest absolute Gasteiger partial charge is 0.370 e. The van der Waals surface area contributed by atoms with E-state index in [4.69, 9.17) is 4.74 Å². The van der Waals surface area contributed by atoms with Gasteiger partial charge in [-0.3, -0.25) is 0 Å². The van der Waals surface area contributed by atoms with Gasteiger partial charge < -0.3 is 10.1 Å². The molecule has 19 heavy (non-hydrogen) atoms. The van der Waals surface area contributed by atoms with E-state index in [0.29, 0.717) is 6.04 Å². The van der Waals surface area contributed by atoms with Gasteiger partial charge in [-0.2, -0.15) is 0 Å². The van der Waals surface area contributed by atoms with Crippen molar-refractivity contribution in [3.63, 3.8) is 0 Å². The van der Waals surface area contributed by atoms with Crippen LogP contribution in [-0.4, -0.2) is 18.1 Å². The molecule has 1 aromatic heterocycles. The molecule has 1 heterocycles. The van der Waals surface area contributed by atoms with Gasteiger partial charge in [-0.25, -0.2) is 4.98 Å². The van der Waals surface area contributed by atoms with Crippen LogP contribution in [0.25, 0.3) is 0 Å². The molecule has 1 unspecified atom stereocenters. The zero-order valence-electron chi connectivity index (χ0n) is 11.6. The molecule has 1 aromatic carbocycles. The molecule has 1 atom stereocenters. The lowest BCUT2D eigenvalue weighted by Gasteiger charge is -2.12. The molecule has 1 N–H and O–H groups in total. The molecule has 0 fully saturated rings. The van der Waals surface area contributed by atoms with Crippen molar-refractivity contribution in [3.05, 3.63) is 52.0 Å². The van der Waals surface area contributed by atoms with E-state index in [-0.39, 0.29) is 6.10 Å². The third-order valence-corrected chi connectivity index (χ3v) is 3.86. The summed E-state index contributed by atoms with van der Waals surface area (Å²) >= 11 is 1.70. The minimum Gasteiger partial charge on any atom is -0.370 e. The Bertz CT molecular complexity index is 496. The van der Waals surface area contributed by atoms with E-state index in [1.54, 1.807) is 18.4 Å². The maximum absolute atomic E-state index is 5.59. The fraction of sp³-hybridized carbons (Fsp3) is 0.400. The average Bonchev–Trinajstić information content (AvgIpc) is 2.87. The van der Waals surface area contributed by atoms with Crippen LogP contribution in [-0.2, 0) is 11.3 Å². The second-order valence-corrected chi connectivity index (χ2v) is 5.87. The molecule has 0 aliphatic carbocycles. The van der Waals surface area contributed by atoms with Crippen molar-refractivity contribution in [3.8, 4) is 0 Å². The van der Waals surface area contributed by atoms with Gasteiger partial charge in [-0.05, 0) is 5.56 Å². The minimum atomic E-state index is -0.0704. The van der Waals surface area contributed by atoms with E-state index < -0.39 is 0 Å². The van der Waals surface area contributed by atoms with Crippen LogP contribution >= 0.6 is 11.3 Å². The lowest BCUT2D eigenvalue weighted by Crippen LogP contribution is -2.21. The average molecular weight is 276 g/mol. The van der Waals surface area contributed by atoms with Gasteiger partial charge in [0, 0.05) is 30.8 Å². The number of hydrogen-bond acceptors (Lipinski definition) is 4. The van der Waals surface area contributed by atoms with Crippen LogP contribution in [0.3, 0.4) is 0 Å². The summed E-state index contributed by atoms with van der Waals surface area (Å²) in [7, 11) is 1.73. The van der Waals surface area contributed by atoms with Crippen molar-refractivity contribution in [1.29, 1.82) is 0 Å². The summed E-state index contributed by atoms with van der Waals surface area (Å²) in [6.45, 7) is 5.15. The Morgan fingerprint density at radius 2 is 2.00 bits per heavy atom. The molecular weight excluding hydrogens is 256 g/mol. The van der Waals surface area contributed by atoms with Crippen molar-refractivity contribution in [2.75, 3.05) is 7.11 Å². The quantitative estimate of drug-likeness (QED) is 0.878. The molecule has 0 amide bonds. The predicted molar refractivity (Wildman–Crippen MR) is 79.4 cm³/mol. The monoisotopic (exact) mass is 276 g/mol. The van der Waals surface area contributed by atoms with E-state index in [1.807, 2.05) is 24.4 Å². The van der Waals surface area contributed by atoms with Crippen molar-refractivity contribution in [1.82, 2.24) is 10.3 Å². The molecule has 3 nitrogen and oxygen atoms in total. The van der Waals surface area contributed by atoms with Crippen LogP contribution in [0, 0.1) is 0 Å². The first-order valence-electron chi connectivity index (χ1n) is 6.46. The Labute approximate surface area is 118 Å². The summed E-state index contributed by atoms with van der Waals surface area (Å²) in [5.41, 5.74) is 1.14.